The summed E-state index contributed by atoms with van der Waals surface area (Å²) in [4.78, 5) is 2.41. The van der Waals surface area contributed by atoms with E-state index in [4.69, 9.17) is 0 Å². The SMILES string of the molecule is c1ccc(-c2cccc(-c3ccccc3)c2-c2ccc(N(c3ccc(-c4ccc(C5CC6CCC65)cc4)cc3)c3ccc4c(c3)sc3ccccc34)cc2)cc1. The van der Waals surface area contributed by atoms with Crippen LogP contribution in [0, 0.1) is 11.8 Å². The van der Waals surface area contributed by atoms with Gasteiger partial charge in [0.05, 0.1) is 0 Å². The molecule has 11 rings (SSSR count). The Kier molecular flexibility index (Phi) is 8.18. The van der Waals surface area contributed by atoms with Crippen LogP contribution in [0.15, 0.2) is 194 Å². The van der Waals surface area contributed by atoms with Crippen molar-refractivity contribution in [3.05, 3.63) is 200 Å². The molecule has 8 aromatic carbocycles. The second-order valence-corrected chi connectivity index (χ2v) is 16.7. The highest BCUT2D eigenvalue weighted by Crippen LogP contribution is 2.58. The predicted molar refractivity (Wildman–Crippen MR) is 239 cm³/mol. The number of thiophene rings is 1. The van der Waals surface area contributed by atoms with E-state index in [0.29, 0.717) is 0 Å². The van der Waals surface area contributed by atoms with Crippen molar-refractivity contribution < 1.29 is 0 Å². The van der Waals surface area contributed by atoms with Gasteiger partial charge in [-0.2, -0.15) is 0 Å². The Morgan fingerprint density at radius 3 is 1.55 bits per heavy atom. The minimum atomic E-state index is 0.778. The van der Waals surface area contributed by atoms with Crippen molar-refractivity contribution in [2.75, 3.05) is 4.90 Å². The smallest absolute Gasteiger partial charge is 0.0476 e. The standard InChI is InChI=1S/C54H41NS/c1-3-10-38(11-4-1)47-15-9-16-48(39-12-5-2-6-13-39)54(47)41-24-29-44(30-25-41)55(45-31-33-50-49-14-7-8-17-52(49)56-53(50)35-45)43-27-22-37(23-28-43)36-18-20-40(21-19-36)51-34-42-26-32-46(42)51/h1-25,27-31,33,35,42,46,51H,26,32,34H2. The Balaban J connectivity index is 0.994. The molecular formula is C54H41NS. The minimum absolute atomic E-state index is 0.778. The summed E-state index contributed by atoms with van der Waals surface area (Å²) >= 11 is 1.87. The molecular weight excluding hydrogens is 695 g/mol. The number of hydrogen-bond acceptors (Lipinski definition) is 2. The van der Waals surface area contributed by atoms with Crippen LogP contribution in [-0.2, 0) is 0 Å². The maximum Gasteiger partial charge on any atom is 0.0476 e. The van der Waals surface area contributed by atoms with Crippen molar-refractivity contribution in [3.8, 4) is 44.5 Å². The van der Waals surface area contributed by atoms with Crippen LogP contribution >= 0.6 is 11.3 Å². The number of hydrogen-bond donors (Lipinski definition) is 0. The van der Waals surface area contributed by atoms with Crippen molar-refractivity contribution in [2.45, 2.75) is 25.2 Å². The van der Waals surface area contributed by atoms with Crippen LogP contribution in [0.1, 0.15) is 30.7 Å². The lowest BCUT2D eigenvalue weighted by Crippen LogP contribution is -2.42. The van der Waals surface area contributed by atoms with Gasteiger partial charge in [0.25, 0.3) is 0 Å². The Hall–Kier alpha value is -6.22. The quantitative estimate of drug-likeness (QED) is 0.150. The first-order chi connectivity index (χ1) is 27.7. The van der Waals surface area contributed by atoms with E-state index in [9.17, 15) is 0 Å². The zero-order valence-corrected chi connectivity index (χ0v) is 32.0. The summed E-state index contributed by atoms with van der Waals surface area (Å²) in [6, 6.07) is 71.7. The zero-order valence-electron chi connectivity index (χ0n) is 31.2. The van der Waals surface area contributed by atoms with Gasteiger partial charge in [0.2, 0.25) is 0 Å². The molecule has 2 saturated carbocycles. The summed E-state index contributed by atoms with van der Waals surface area (Å²) in [6.07, 6.45) is 4.25. The Labute approximate surface area is 333 Å². The molecule has 0 aliphatic heterocycles. The van der Waals surface area contributed by atoms with E-state index in [-0.39, 0.29) is 0 Å². The first-order valence-electron chi connectivity index (χ1n) is 20.0. The van der Waals surface area contributed by atoms with Crippen LogP contribution in [0.3, 0.4) is 0 Å². The first-order valence-corrected chi connectivity index (χ1v) is 20.8. The highest BCUT2D eigenvalue weighted by Gasteiger charge is 2.47. The fourth-order valence-corrected chi connectivity index (χ4v) is 10.6. The number of rotatable bonds is 8. The maximum atomic E-state index is 2.41. The van der Waals surface area contributed by atoms with Crippen molar-refractivity contribution >= 4 is 48.6 Å². The van der Waals surface area contributed by atoms with Crippen LogP contribution in [-0.4, -0.2) is 0 Å². The van der Waals surface area contributed by atoms with E-state index in [1.165, 1.54) is 89.5 Å². The Bertz CT molecular complexity index is 2760. The fraction of sp³-hybridized carbons (Fsp3) is 0.111. The molecule has 2 aliphatic carbocycles. The molecule has 268 valence electrons. The second-order valence-electron chi connectivity index (χ2n) is 15.6. The van der Waals surface area contributed by atoms with E-state index in [2.05, 4.69) is 199 Å². The normalized spacial score (nSPS) is 17.2. The van der Waals surface area contributed by atoms with Crippen LogP contribution in [0.25, 0.3) is 64.7 Å². The van der Waals surface area contributed by atoms with E-state index in [1.807, 2.05) is 11.3 Å². The number of benzene rings is 8. The highest BCUT2D eigenvalue weighted by molar-refractivity contribution is 7.25. The molecule has 1 aromatic heterocycles. The summed E-state index contributed by atoms with van der Waals surface area (Å²) in [7, 11) is 0. The third-order valence-electron chi connectivity index (χ3n) is 12.6. The monoisotopic (exact) mass is 735 g/mol. The summed E-state index contributed by atoms with van der Waals surface area (Å²) in [5.74, 6) is 2.72. The van der Waals surface area contributed by atoms with E-state index in [1.54, 1.807) is 0 Å². The van der Waals surface area contributed by atoms with Gasteiger partial charge in [-0.3, -0.25) is 0 Å². The lowest BCUT2D eigenvalue weighted by Gasteiger charge is -2.53. The highest BCUT2D eigenvalue weighted by atomic mass is 32.1. The molecule has 0 amide bonds. The van der Waals surface area contributed by atoms with Crippen LogP contribution in [0.2, 0.25) is 0 Å². The number of fused-ring (bicyclic) bond motifs is 4. The van der Waals surface area contributed by atoms with Crippen LogP contribution in [0.4, 0.5) is 17.1 Å². The lowest BCUT2D eigenvalue weighted by atomic mass is 9.52. The average molecular weight is 736 g/mol. The molecule has 2 fully saturated rings. The maximum absolute atomic E-state index is 2.41. The molecule has 1 nitrogen and oxygen atoms in total. The molecule has 3 unspecified atom stereocenters. The van der Waals surface area contributed by atoms with Gasteiger partial charge in [-0.1, -0.05) is 152 Å². The van der Waals surface area contributed by atoms with Gasteiger partial charge in [-0.15, -0.1) is 11.3 Å². The van der Waals surface area contributed by atoms with E-state index >= 15 is 0 Å². The molecule has 0 spiro atoms. The van der Waals surface area contributed by atoms with Gasteiger partial charge >= 0.3 is 0 Å². The molecule has 0 saturated heterocycles. The Morgan fingerprint density at radius 1 is 0.411 bits per heavy atom. The molecule has 56 heavy (non-hydrogen) atoms. The average Bonchev–Trinajstić information content (AvgIpc) is 3.64. The van der Waals surface area contributed by atoms with Crippen molar-refractivity contribution in [2.24, 2.45) is 11.8 Å². The number of nitrogens with zero attached hydrogens (tertiary/aromatic N) is 1. The largest absolute Gasteiger partial charge is 0.310 e. The van der Waals surface area contributed by atoms with E-state index < -0.39 is 0 Å². The number of anilines is 3. The van der Waals surface area contributed by atoms with Crippen molar-refractivity contribution in [1.29, 1.82) is 0 Å². The summed E-state index contributed by atoms with van der Waals surface area (Å²) in [5, 5.41) is 2.63. The molecule has 3 atom stereocenters. The third kappa shape index (κ3) is 5.76. The molecule has 2 aliphatic rings. The molecule has 0 N–H and O–H groups in total. The van der Waals surface area contributed by atoms with Gasteiger partial charge in [-0.25, -0.2) is 0 Å². The van der Waals surface area contributed by atoms with Crippen molar-refractivity contribution in [3.63, 3.8) is 0 Å². The van der Waals surface area contributed by atoms with E-state index in [0.717, 1.165) is 34.8 Å². The van der Waals surface area contributed by atoms with Crippen LogP contribution < -0.4 is 4.90 Å². The fourth-order valence-electron chi connectivity index (χ4n) is 9.49. The predicted octanol–water partition coefficient (Wildman–Crippen LogP) is 15.7. The lowest BCUT2D eigenvalue weighted by molar-refractivity contribution is 0.0216. The molecule has 9 aromatic rings. The Morgan fingerprint density at radius 2 is 0.964 bits per heavy atom. The van der Waals surface area contributed by atoms with Gasteiger partial charge in [0, 0.05) is 37.2 Å². The van der Waals surface area contributed by atoms with Gasteiger partial charge in [0.1, 0.15) is 0 Å². The zero-order chi connectivity index (χ0) is 37.0. The first kappa shape index (κ1) is 33.1. The third-order valence-corrected chi connectivity index (χ3v) is 13.7. The summed E-state index contributed by atoms with van der Waals surface area (Å²) in [6.45, 7) is 0. The molecule has 1 heterocycles. The topological polar surface area (TPSA) is 3.24 Å². The molecule has 2 heteroatoms. The summed E-state index contributed by atoms with van der Waals surface area (Å²) in [5.41, 5.74) is 14.8. The van der Waals surface area contributed by atoms with Crippen LogP contribution in [0.5, 0.6) is 0 Å². The van der Waals surface area contributed by atoms with Gasteiger partial charge in [-0.05, 0) is 130 Å². The molecule has 0 bridgehead atoms. The van der Waals surface area contributed by atoms with Gasteiger partial charge < -0.3 is 4.90 Å². The minimum Gasteiger partial charge on any atom is -0.310 e. The molecule has 0 radical (unpaired) electrons. The van der Waals surface area contributed by atoms with Gasteiger partial charge in [0.15, 0.2) is 0 Å². The second kappa shape index (κ2) is 13.8. The summed E-state index contributed by atoms with van der Waals surface area (Å²) < 4.78 is 2.62. The van der Waals surface area contributed by atoms with Crippen molar-refractivity contribution in [1.82, 2.24) is 0 Å².